The first-order chi connectivity index (χ1) is 5.83. The molecule has 12 heavy (non-hydrogen) atoms. The maximum Gasteiger partial charge on any atom is 0.137 e. The minimum absolute atomic E-state index is 0.190. The summed E-state index contributed by atoms with van der Waals surface area (Å²) in [4.78, 5) is 10.7. The highest BCUT2D eigenvalue weighted by atomic mass is 16.1. The van der Waals surface area contributed by atoms with Crippen molar-refractivity contribution < 1.29 is 4.79 Å². The van der Waals surface area contributed by atoms with Crippen LogP contribution >= 0.6 is 0 Å². The van der Waals surface area contributed by atoms with Crippen LogP contribution in [0.25, 0.3) is 0 Å². The molecule has 3 fully saturated rings. The Kier molecular flexibility index (Phi) is 1.24. The minimum atomic E-state index is 0.190. The highest BCUT2D eigenvalue weighted by Crippen LogP contribution is 2.62. The highest BCUT2D eigenvalue weighted by Gasteiger charge is 2.55. The van der Waals surface area contributed by atoms with Crippen molar-refractivity contribution in [3.8, 4) is 0 Å². The Hall–Kier alpha value is -0.370. The van der Waals surface area contributed by atoms with Crippen LogP contribution in [0.2, 0.25) is 0 Å². The zero-order valence-electron chi connectivity index (χ0n) is 7.25. The quantitative estimate of drug-likeness (QED) is 0.586. The molecule has 1 aliphatic heterocycles. The lowest BCUT2D eigenvalue weighted by molar-refractivity contribution is -0.110. The van der Waals surface area contributed by atoms with Crippen LogP contribution in [0.3, 0.4) is 0 Å². The lowest BCUT2D eigenvalue weighted by Gasteiger charge is -2.11. The van der Waals surface area contributed by atoms with E-state index in [4.69, 9.17) is 0 Å². The molecule has 2 saturated carbocycles. The van der Waals surface area contributed by atoms with E-state index < -0.39 is 0 Å². The molecular formula is C10H15NO. The van der Waals surface area contributed by atoms with Crippen LogP contribution in [0.1, 0.15) is 25.7 Å². The van der Waals surface area contributed by atoms with Gasteiger partial charge in [0, 0.05) is 0 Å². The molecular weight excluding hydrogens is 150 g/mol. The van der Waals surface area contributed by atoms with Crippen molar-refractivity contribution in [1.82, 2.24) is 5.32 Å². The number of hydrogen-bond acceptors (Lipinski definition) is 2. The van der Waals surface area contributed by atoms with Gasteiger partial charge in [0.25, 0.3) is 0 Å². The fourth-order valence-electron chi connectivity index (χ4n) is 3.27. The zero-order chi connectivity index (χ0) is 8.18. The smallest absolute Gasteiger partial charge is 0.137 e. The molecule has 3 atom stereocenters. The molecule has 2 heteroatoms. The number of fused-ring (bicyclic) bond motifs is 1. The van der Waals surface area contributed by atoms with Gasteiger partial charge in [-0.05, 0) is 49.5 Å². The number of carbonyl (C=O) groups excluding carboxylic acids is 1. The van der Waals surface area contributed by atoms with E-state index in [1.54, 1.807) is 0 Å². The SMILES string of the molecule is O=CC1NC[C@@H]2CC3(CC3)C[C@H]12. The molecule has 3 rings (SSSR count). The van der Waals surface area contributed by atoms with Crippen LogP contribution in [0.4, 0.5) is 0 Å². The normalized spacial score (nSPS) is 47.8. The summed E-state index contributed by atoms with van der Waals surface area (Å²) in [5, 5.41) is 3.31. The van der Waals surface area contributed by atoms with Crippen LogP contribution in [-0.2, 0) is 4.79 Å². The molecule has 0 aromatic carbocycles. The summed E-state index contributed by atoms with van der Waals surface area (Å²) < 4.78 is 0. The third-order valence-electron chi connectivity index (χ3n) is 4.15. The summed E-state index contributed by atoms with van der Waals surface area (Å²) in [7, 11) is 0. The standard InChI is InChI=1S/C10H15NO/c12-6-9-8-4-10(1-2-10)3-7(8)5-11-9/h6-9,11H,1-5H2/t7-,8-,9?/m0/s1. The summed E-state index contributed by atoms with van der Waals surface area (Å²) in [6.45, 7) is 1.09. The van der Waals surface area contributed by atoms with Crippen LogP contribution in [0.15, 0.2) is 0 Å². The molecule has 2 nitrogen and oxygen atoms in total. The van der Waals surface area contributed by atoms with Gasteiger partial charge in [-0.2, -0.15) is 0 Å². The number of rotatable bonds is 1. The average molecular weight is 165 g/mol. The second-order valence-corrected chi connectivity index (χ2v) is 4.90. The van der Waals surface area contributed by atoms with E-state index in [2.05, 4.69) is 5.32 Å². The number of carbonyl (C=O) groups is 1. The molecule has 0 radical (unpaired) electrons. The van der Waals surface area contributed by atoms with Crippen molar-refractivity contribution in [1.29, 1.82) is 0 Å². The van der Waals surface area contributed by atoms with Gasteiger partial charge in [0.1, 0.15) is 6.29 Å². The Morgan fingerprint density at radius 1 is 1.33 bits per heavy atom. The fourth-order valence-corrected chi connectivity index (χ4v) is 3.27. The third-order valence-corrected chi connectivity index (χ3v) is 4.15. The predicted octanol–water partition coefficient (Wildman–Crippen LogP) is 0.963. The molecule has 1 saturated heterocycles. The lowest BCUT2D eigenvalue weighted by atomic mass is 9.95. The summed E-state index contributed by atoms with van der Waals surface area (Å²) in [5.74, 6) is 1.51. The molecule has 2 aliphatic carbocycles. The van der Waals surface area contributed by atoms with Crippen molar-refractivity contribution in [3.05, 3.63) is 0 Å². The van der Waals surface area contributed by atoms with Gasteiger partial charge in [-0.3, -0.25) is 0 Å². The lowest BCUT2D eigenvalue weighted by Crippen LogP contribution is -2.28. The fraction of sp³-hybridized carbons (Fsp3) is 0.900. The summed E-state index contributed by atoms with van der Waals surface area (Å²) in [5.41, 5.74) is 0.721. The Balaban J connectivity index is 1.80. The third kappa shape index (κ3) is 0.817. The monoisotopic (exact) mass is 165 g/mol. The zero-order valence-corrected chi connectivity index (χ0v) is 7.25. The van der Waals surface area contributed by atoms with Gasteiger partial charge in [-0.25, -0.2) is 0 Å². The molecule has 0 aromatic rings. The number of aldehydes is 1. The summed E-state index contributed by atoms with van der Waals surface area (Å²) in [6.07, 6.45) is 6.71. The molecule has 1 heterocycles. The summed E-state index contributed by atoms with van der Waals surface area (Å²) in [6, 6.07) is 0.190. The first-order valence-electron chi connectivity index (χ1n) is 5.02. The van der Waals surface area contributed by atoms with Crippen molar-refractivity contribution in [2.45, 2.75) is 31.7 Å². The molecule has 1 unspecified atom stereocenters. The molecule has 3 aliphatic rings. The van der Waals surface area contributed by atoms with Crippen LogP contribution in [0.5, 0.6) is 0 Å². The number of nitrogens with one attached hydrogen (secondary N) is 1. The topological polar surface area (TPSA) is 29.1 Å². The van der Waals surface area contributed by atoms with E-state index in [1.807, 2.05) is 0 Å². The first kappa shape index (κ1) is 7.07. The Labute approximate surface area is 72.7 Å². The van der Waals surface area contributed by atoms with Crippen molar-refractivity contribution in [3.63, 3.8) is 0 Å². The van der Waals surface area contributed by atoms with E-state index in [0.29, 0.717) is 5.92 Å². The second-order valence-electron chi connectivity index (χ2n) is 4.90. The average Bonchev–Trinajstić information content (AvgIpc) is 2.52. The van der Waals surface area contributed by atoms with Crippen LogP contribution in [0, 0.1) is 17.3 Å². The van der Waals surface area contributed by atoms with Crippen LogP contribution in [-0.4, -0.2) is 18.9 Å². The van der Waals surface area contributed by atoms with Gasteiger partial charge >= 0.3 is 0 Å². The molecule has 1 N–H and O–H groups in total. The van der Waals surface area contributed by atoms with Gasteiger partial charge in [0.2, 0.25) is 0 Å². The largest absolute Gasteiger partial charge is 0.307 e. The van der Waals surface area contributed by atoms with Gasteiger partial charge in [0.05, 0.1) is 6.04 Å². The Bertz CT molecular complexity index is 222. The first-order valence-corrected chi connectivity index (χ1v) is 5.02. The van der Waals surface area contributed by atoms with Crippen molar-refractivity contribution in [2.24, 2.45) is 17.3 Å². The molecule has 0 amide bonds. The predicted molar refractivity (Wildman–Crippen MR) is 45.7 cm³/mol. The van der Waals surface area contributed by atoms with Crippen LogP contribution < -0.4 is 5.32 Å². The van der Waals surface area contributed by atoms with E-state index in [0.717, 1.165) is 24.2 Å². The number of hydrogen-bond donors (Lipinski definition) is 1. The Morgan fingerprint density at radius 3 is 2.83 bits per heavy atom. The molecule has 0 aromatic heterocycles. The van der Waals surface area contributed by atoms with E-state index >= 15 is 0 Å². The van der Waals surface area contributed by atoms with Gasteiger partial charge < -0.3 is 10.1 Å². The van der Waals surface area contributed by atoms with Gasteiger partial charge in [0.15, 0.2) is 0 Å². The Morgan fingerprint density at radius 2 is 2.17 bits per heavy atom. The van der Waals surface area contributed by atoms with E-state index in [9.17, 15) is 4.79 Å². The minimum Gasteiger partial charge on any atom is -0.307 e. The second kappa shape index (κ2) is 2.11. The highest BCUT2D eigenvalue weighted by molar-refractivity contribution is 5.59. The van der Waals surface area contributed by atoms with Crippen molar-refractivity contribution in [2.75, 3.05) is 6.54 Å². The van der Waals surface area contributed by atoms with E-state index in [-0.39, 0.29) is 6.04 Å². The molecule has 0 bridgehead atoms. The van der Waals surface area contributed by atoms with Gasteiger partial charge in [-0.1, -0.05) is 0 Å². The molecule has 66 valence electrons. The maximum atomic E-state index is 10.7. The van der Waals surface area contributed by atoms with Gasteiger partial charge in [-0.15, -0.1) is 0 Å². The molecule has 1 spiro atoms. The maximum absolute atomic E-state index is 10.7. The summed E-state index contributed by atoms with van der Waals surface area (Å²) >= 11 is 0. The van der Waals surface area contributed by atoms with E-state index in [1.165, 1.54) is 25.7 Å². The van der Waals surface area contributed by atoms with Crippen molar-refractivity contribution >= 4 is 6.29 Å².